The fourth-order valence-corrected chi connectivity index (χ4v) is 2.92. The predicted octanol–water partition coefficient (Wildman–Crippen LogP) is 1.25. The molecule has 18 heavy (non-hydrogen) atoms. The fourth-order valence-electron chi connectivity index (χ4n) is 2.14. The molecule has 1 aliphatic rings. The molecule has 0 spiro atoms. The summed E-state index contributed by atoms with van der Waals surface area (Å²) in [5.74, 6) is 0.668. The Bertz CT molecular complexity index is 381. The molecule has 0 aromatic rings. The van der Waals surface area contributed by atoms with E-state index in [0.717, 1.165) is 19.5 Å². The summed E-state index contributed by atoms with van der Waals surface area (Å²) in [5.41, 5.74) is 0. The van der Waals surface area contributed by atoms with Gasteiger partial charge in [0.2, 0.25) is 0 Å². The van der Waals surface area contributed by atoms with Gasteiger partial charge in [-0.2, -0.15) is 0 Å². The molecular formula is C12H24N2O3S. The van der Waals surface area contributed by atoms with Crippen LogP contribution in [-0.2, 0) is 9.84 Å². The molecule has 1 N–H and O–H groups in total. The number of sulfone groups is 1. The van der Waals surface area contributed by atoms with Crippen molar-refractivity contribution in [2.24, 2.45) is 5.92 Å². The summed E-state index contributed by atoms with van der Waals surface area (Å²) < 4.78 is 22.1. The van der Waals surface area contributed by atoms with Crippen molar-refractivity contribution in [1.82, 2.24) is 10.2 Å². The van der Waals surface area contributed by atoms with Crippen LogP contribution in [0.4, 0.5) is 4.79 Å². The van der Waals surface area contributed by atoms with Crippen molar-refractivity contribution in [1.29, 1.82) is 0 Å². The predicted molar refractivity (Wildman–Crippen MR) is 72.3 cm³/mol. The quantitative estimate of drug-likeness (QED) is 0.840. The van der Waals surface area contributed by atoms with Crippen LogP contribution in [0.1, 0.15) is 33.1 Å². The van der Waals surface area contributed by atoms with Gasteiger partial charge in [-0.15, -0.1) is 0 Å². The molecular weight excluding hydrogens is 252 g/mol. The Morgan fingerprint density at radius 3 is 2.72 bits per heavy atom. The second-order valence-electron chi connectivity index (χ2n) is 5.46. The van der Waals surface area contributed by atoms with Gasteiger partial charge in [0, 0.05) is 25.4 Å². The van der Waals surface area contributed by atoms with Crippen LogP contribution in [0.25, 0.3) is 0 Å². The number of hydrogen-bond acceptors (Lipinski definition) is 3. The summed E-state index contributed by atoms with van der Waals surface area (Å²) >= 11 is 0. The number of urea groups is 1. The van der Waals surface area contributed by atoms with Crippen LogP contribution in [0.5, 0.6) is 0 Å². The highest BCUT2D eigenvalue weighted by Crippen LogP contribution is 2.15. The maximum Gasteiger partial charge on any atom is 0.317 e. The van der Waals surface area contributed by atoms with E-state index in [9.17, 15) is 13.2 Å². The number of amides is 2. The van der Waals surface area contributed by atoms with Gasteiger partial charge < -0.3 is 10.2 Å². The van der Waals surface area contributed by atoms with Crippen molar-refractivity contribution in [3.8, 4) is 0 Å². The first-order valence-electron chi connectivity index (χ1n) is 6.51. The zero-order valence-corrected chi connectivity index (χ0v) is 12.3. The molecule has 2 amide bonds. The Hall–Kier alpha value is -0.780. The number of carbonyl (C=O) groups excluding carboxylic acids is 1. The van der Waals surface area contributed by atoms with Gasteiger partial charge in [-0.3, -0.25) is 0 Å². The lowest BCUT2D eigenvalue weighted by Gasteiger charge is -2.32. The highest BCUT2D eigenvalue weighted by molar-refractivity contribution is 7.90. The standard InChI is InChI=1S/C12H24N2O3S/c1-10-5-4-7-14(9-10)12(15)13-11(2)6-8-18(3,16)17/h10-11H,4-9H2,1-3H3,(H,13,15)/t10-,11-/m0/s1. The van der Waals surface area contributed by atoms with Gasteiger partial charge in [0.25, 0.3) is 0 Å². The molecule has 1 saturated heterocycles. The number of nitrogens with one attached hydrogen (secondary N) is 1. The lowest BCUT2D eigenvalue weighted by molar-refractivity contribution is 0.167. The van der Waals surface area contributed by atoms with Crippen molar-refractivity contribution < 1.29 is 13.2 Å². The van der Waals surface area contributed by atoms with Gasteiger partial charge >= 0.3 is 6.03 Å². The van der Waals surface area contributed by atoms with Gasteiger partial charge in [0.15, 0.2) is 0 Å². The Kier molecular flexibility index (Phi) is 5.44. The second kappa shape index (κ2) is 6.41. The maximum atomic E-state index is 11.9. The molecule has 6 heteroatoms. The van der Waals surface area contributed by atoms with Crippen LogP contribution in [-0.4, -0.2) is 50.5 Å². The van der Waals surface area contributed by atoms with E-state index in [-0.39, 0.29) is 17.8 Å². The molecule has 0 aliphatic carbocycles. The highest BCUT2D eigenvalue weighted by atomic mass is 32.2. The molecule has 0 aromatic carbocycles. The molecule has 1 aliphatic heterocycles. The fraction of sp³-hybridized carbons (Fsp3) is 0.917. The third-order valence-electron chi connectivity index (χ3n) is 3.24. The Balaban J connectivity index is 2.34. The monoisotopic (exact) mass is 276 g/mol. The van der Waals surface area contributed by atoms with Crippen LogP contribution in [0.3, 0.4) is 0 Å². The first-order chi connectivity index (χ1) is 8.28. The molecule has 1 heterocycles. The Morgan fingerprint density at radius 2 is 2.17 bits per heavy atom. The second-order valence-corrected chi connectivity index (χ2v) is 7.72. The number of piperidine rings is 1. The molecule has 2 atom stereocenters. The summed E-state index contributed by atoms with van der Waals surface area (Å²) in [5, 5.41) is 2.87. The first kappa shape index (κ1) is 15.3. The highest BCUT2D eigenvalue weighted by Gasteiger charge is 2.21. The van der Waals surface area contributed by atoms with Crippen LogP contribution >= 0.6 is 0 Å². The van der Waals surface area contributed by atoms with E-state index < -0.39 is 9.84 Å². The van der Waals surface area contributed by atoms with E-state index in [2.05, 4.69) is 12.2 Å². The zero-order valence-electron chi connectivity index (χ0n) is 11.5. The normalized spacial score (nSPS) is 22.6. The minimum absolute atomic E-state index is 0.0671. The van der Waals surface area contributed by atoms with Gasteiger partial charge in [-0.05, 0) is 32.1 Å². The lowest BCUT2D eigenvalue weighted by Crippen LogP contribution is -2.47. The van der Waals surface area contributed by atoms with Crippen LogP contribution in [0, 0.1) is 5.92 Å². The van der Waals surface area contributed by atoms with Gasteiger partial charge in [0.1, 0.15) is 9.84 Å². The van der Waals surface area contributed by atoms with E-state index in [1.54, 1.807) is 0 Å². The maximum absolute atomic E-state index is 11.9. The summed E-state index contributed by atoms with van der Waals surface area (Å²) in [6, 6.07) is -0.174. The number of hydrogen-bond donors (Lipinski definition) is 1. The smallest absolute Gasteiger partial charge is 0.317 e. The van der Waals surface area contributed by atoms with Gasteiger partial charge in [-0.25, -0.2) is 13.2 Å². The first-order valence-corrected chi connectivity index (χ1v) is 8.57. The molecule has 106 valence electrons. The topological polar surface area (TPSA) is 66.5 Å². The van der Waals surface area contributed by atoms with Crippen molar-refractivity contribution in [3.63, 3.8) is 0 Å². The van der Waals surface area contributed by atoms with Gasteiger partial charge in [0.05, 0.1) is 5.75 Å². The van der Waals surface area contributed by atoms with Gasteiger partial charge in [-0.1, -0.05) is 6.92 Å². The number of rotatable bonds is 4. The van der Waals surface area contributed by atoms with Crippen LogP contribution < -0.4 is 5.32 Å². The number of likely N-dealkylation sites (tertiary alicyclic amines) is 1. The molecule has 0 aromatic heterocycles. The minimum atomic E-state index is -2.95. The number of carbonyl (C=O) groups is 1. The van der Waals surface area contributed by atoms with Crippen molar-refractivity contribution >= 4 is 15.9 Å². The summed E-state index contributed by atoms with van der Waals surface area (Å²) in [6.07, 6.45) is 3.90. The summed E-state index contributed by atoms with van der Waals surface area (Å²) in [6.45, 7) is 5.59. The van der Waals surface area contributed by atoms with E-state index in [1.165, 1.54) is 12.7 Å². The minimum Gasteiger partial charge on any atom is -0.336 e. The van der Waals surface area contributed by atoms with E-state index in [1.807, 2.05) is 11.8 Å². The van der Waals surface area contributed by atoms with Crippen molar-refractivity contribution in [3.05, 3.63) is 0 Å². The molecule has 0 radical (unpaired) electrons. The molecule has 1 rings (SSSR count). The third-order valence-corrected chi connectivity index (χ3v) is 4.21. The van der Waals surface area contributed by atoms with E-state index >= 15 is 0 Å². The lowest BCUT2D eigenvalue weighted by atomic mass is 10.0. The third kappa shape index (κ3) is 5.71. The van der Waals surface area contributed by atoms with Crippen LogP contribution in [0.15, 0.2) is 0 Å². The average Bonchev–Trinajstić information content (AvgIpc) is 2.25. The molecule has 5 nitrogen and oxygen atoms in total. The SMILES string of the molecule is C[C@H]1CCCN(C(=O)N[C@@H](C)CCS(C)(=O)=O)C1. The van der Waals surface area contributed by atoms with E-state index in [0.29, 0.717) is 12.3 Å². The molecule has 1 fully saturated rings. The Labute approximate surface area is 110 Å². The largest absolute Gasteiger partial charge is 0.336 e. The zero-order chi connectivity index (χ0) is 13.8. The molecule has 0 bridgehead atoms. The van der Waals surface area contributed by atoms with Crippen molar-refractivity contribution in [2.45, 2.75) is 39.2 Å². The van der Waals surface area contributed by atoms with Crippen molar-refractivity contribution in [2.75, 3.05) is 25.1 Å². The molecule has 0 unspecified atom stereocenters. The van der Waals surface area contributed by atoms with E-state index in [4.69, 9.17) is 0 Å². The van der Waals surface area contributed by atoms with Crippen LogP contribution in [0.2, 0.25) is 0 Å². The average molecular weight is 276 g/mol. The summed E-state index contributed by atoms with van der Waals surface area (Å²) in [4.78, 5) is 13.8. The Morgan fingerprint density at radius 1 is 1.50 bits per heavy atom. The molecule has 0 saturated carbocycles. The number of nitrogens with zero attached hydrogens (tertiary/aromatic N) is 1. The summed E-state index contributed by atoms with van der Waals surface area (Å²) in [7, 11) is -2.95.